The molecule has 19 heavy (non-hydrogen) atoms. The fraction of sp³-hybridized carbons (Fsp3) is 0.867. The maximum atomic E-state index is 12.6. The van der Waals surface area contributed by atoms with E-state index in [2.05, 4.69) is 0 Å². The van der Waals surface area contributed by atoms with Crippen molar-refractivity contribution in [2.75, 3.05) is 6.54 Å². The Labute approximate surface area is 116 Å². The standard InChI is InChI=1S/C15H27NO3/c1-11(13(17)18)10-16(14(19)15(2,3)4)12-8-6-5-7-9-12/h11-12H,5-10H2,1-4H3,(H,17,18). The highest BCUT2D eigenvalue weighted by molar-refractivity contribution is 5.82. The number of hydrogen-bond acceptors (Lipinski definition) is 2. The number of carboxylic acids is 1. The minimum Gasteiger partial charge on any atom is -0.481 e. The van der Waals surface area contributed by atoms with E-state index >= 15 is 0 Å². The first-order valence-electron chi connectivity index (χ1n) is 7.27. The van der Waals surface area contributed by atoms with Gasteiger partial charge in [-0.15, -0.1) is 0 Å². The van der Waals surface area contributed by atoms with Crippen molar-refractivity contribution in [3.05, 3.63) is 0 Å². The van der Waals surface area contributed by atoms with E-state index in [4.69, 9.17) is 5.11 Å². The third kappa shape index (κ3) is 4.51. The van der Waals surface area contributed by atoms with Crippen molar-refractivity contribution in [2.45, 2.75) is 65.8 Å². The largest absolute Gasteiger partial charge is 0.481 e. The van der Waals surface area contributed by atoms with E-state index in [1.807, 2.05) is 25.7 Å². The van der Waals surface area contributed by atoms with Gasteiger partial charge in [0.25, 0.3) is 0 Å². The Morgan fingerprint density at radius 2 is 1.74 bits per heavy atom. The van der Waals surface area contributed by atoms with Gasteiger partial charge in [-0.1, -0.05) is 47.0 Å². The highest BCUT2D eigenvalue weighted by Crippen LogP contribution is 2.27. The van der Waals surface area contributed by atoms with Gasteiger partial charge in [0, 0.05) is 18.0 Å². The van der Waals surface area contributed by atoms with Crippen molar-refractivity contribution < 1.29 is 14.7 Å². The monoisotopic (exact) mass is 269 g/mol. The first kappa shape index (κ1) is 16.0. The van der Waals surface area contributed by atoms with Gasteiger partial charge in [-0.05, 0) is 12.8 Å². The molecule has 0 radical (unpaired) electrons. The molecule has 1 aliphatic carbocycles. The first-order valence-corrected chi connectivity index (χ1v) is 7.27. The van der Waals surface area contributed by atoms with Crippen LogP contribution in [0, 0.1) is 11.3 Å². The van der Waals surface area contributed by atoms with Crippen LogP contribution in [0.1, 0.15) is 59.8 Å². The van der Waals surface area contributed by atoms with Crippen molar-refractivity contribution >= 4 is 11.9 Å². The number of amides is 1. The van der Waals surface area contributed by atoms with E-state index < -0.39 is 17.3 Å². The molecule has 110 valence electrons. The molecule has 1 amide bonds. The topological polar surface area (TPSA) is 57.6 Å². The van der Waals surface area contributed by atoms with Gasteiger partial charge >= 0.3 is 5.97 Å². The van der Waals surface area contributed by atoms with Crippen LogP contribution in [0.3, 0.4) is 0 Å². The summed E-state index contributed by atoms with van der Waals surface area (Å²) in [4.78, 5) is 25.4. The summed E-state index contributed by atoms with van der Waals surface area (Å²) in [7, 11) is 0. The Morgan fingerprint density at radius 1 is 1.21 bits per heavy atom. The molecule has 1 fully saturated rings. The molecule has 0 aromatic carbocycles. The van der Waals surface area contributed by atoms with Gasteiger partial charge < -0.3 is 10.0 Å². The number of carbonyl (C=O) groups is 2. The Kier molecular flexibility index (Phi) is 5.39. The lowest BCUT2D eigenvalue weighted by molar-refractivity contribution is -0.147. The van der Waals surface area contributed by atoms with Crippen LogP contribution in [-0.2, 0) is 9.59 Å². The highest BCUT2D eigenvalue weighted by atomic mass is 16.4. The minimum absolute atomic E-state index is 0.0764. The van der Waals surface area contributed by atoms with E-state index in [9.17, 15) is 9.59 Å². The lowest BCUT2D eigenvalue weighted by Crippen LogP contribution is -2.49. The van der Waals surface area contributed by atoms with Crippen molar-refractivity contribution in [2.24, 2.45) is 11.3 Å². The van der Waals surface area contributed by atoms with Gasteiger partial charge in [-0.25, -0.2) is 0 Å². The molecular weight excluding hydrogens is 242 g/mol. The van der Waals surface area contributed by atoms with E-state index in [1.165, 1.54) is 6.42 Å². The molecule has 0 saturated heterocycles. The normalized spacial score (nSPS) is 18.9. The molecule has 0 aliphatic heterocycles. The van der Waals surface area contributed by atoms with Crippen LogP contribution < -0.4 is 0 Å². The molecule has 0 aromatic rings. The van der Waals surface area contributed by atoms with Gasteiger partial charge in [0.05, 0.1) is 5.92 Å². The van der Waals surface area contributed by atoms with Crippen molar-refractivity contribution in [1.82, 2.24) is 4.90 Å². The molecule has 1 saturated carbocycles. The fourth-order valence-corrected chi connectivity index (χ4v) is 2.59. The zero-order chi connectivity index (χ0) is 14.6. The Hall–Kier alpha value is -1.06. The lowest BCUT2D eigenvalue weighted by Gasteiger charge is -2.39. The summed E-state index contributed by atoms with van der Waals surface area (Å²) in [5, 5.41) is 9.08. The van der Waals surface area contributed by atoms with Crippen molar-refractivity contribution in [1.29, 1.82) is 0 Å². The van der Waals surface area contributed by atoms with E-state index in [-0.39, 0.29) is 11.9 Å². The lowest BCUT2D eigenvalue weighted by atomic mass is 9.89. The van der Waals surface area contributed by atoms with Crippen LogP contribution in [0.5, 0.6) is 0 Å². The number of rotatable bonds is 4. The maximum Gasteiger partial charge on any atom is 0.308 e. The summed E-state index contributed by atoms with van der Waals surface area (Å²) in [6.45, 7) is 7.70. The van der Waals surface area contributed by atoms with Crippen LogP contribution in [0.25, 0.3) is 0 Å². The SMILES string of the molecule is CC(CN(C(=O)C(C)(C)C)C1CCCCC1)C(=O)O. The van der Waals surface area contributed by atoms with Gasteiger partial charge in [-0.2, -0.15) is 0 Å². The molecule has 0 bridgehead atoms. The minimum atomic E-state index is -0.831. The second-order valence-electron chi connectivity index (χ2n) is 6.74. The molecule has 1 atom stereocenters. The molecule has 0 heterocycles. The molecule has 1 rings (SSSR count). The second-order valence-corrected chi connectivity index (χ2v) is 6.74. The quantitative estimate of drug-likeness (QED) is 0.853. The molecule has 4 nitrogen and oxygen atoms in total. The second kappa shape index (κ2) is 6.40. The highest BCUT2D eigenvalue weighted by Gasteiger charge is 2.34. The van der Waals surface area contributed by atoms with Gasteiger partial charge in [-0.3, -0.25) is 9.59 Å². The smallest absolute Gasteiger partial charge is 0.308 e. The van der Waals surface area contributed by atoms with E-state index in [0.717, 1.165) is 25.7 Å². The summed E-state index contributed by atoms with van der Waals surface area (Å²) in [5.74, 6) is -1.26. The van der Waals surface area contributed by atoms with Gasteiger partial charge in [0.15, 0.2) is 0 Å². The average Bonchev–Trinajstić information content (AvgIpc) is 2.34. The Balaban J connectivity index is 2.83. The number of carbonyl (C=O) groups excluding carboxylic acids is 1. The predicted molar refractivity (Wildman–Crippen MR) is 74.8 cm³/mol. The van der Waals surface area contributed by atoms with Gasteiger partial charge in [0.2, 0.25) is 5.91 Å². The summed E-state index contributed by atoms with van der Waals surface area (Å²) in [5.41, 5.74) is -0.449. The van der Waals surface area contributed by atoms with Crippen molar-refractivity contribution in [3.63, 3.8) is 0 Å². The molecule has 0 aromatic heterocycles. The van der Waals surface area contributed by atoms with Crippen LogP contribution in [0.2, 0.25) is 0 Å². The number of carboxylic acid groups (broad SMARTS) is 1. The summed E-state index contributed by atoms with van der Waals surface area (Å²) in [6, 6.07) is 0.224. The van der Waals surface area contributed by atoms with E-state index in [1.54, 1.807) is 6.92 Å². The third-order valence-corrected chi connectivity index (χ3v) is 3.81. The van der Waals surface area contributed by atoms with Crippen LogP contribution in [-0.4, -0.2) is 34.5 Å². The number of aliphatic carboxylic acids is 1. The Bertz CT molecular complexity index is 327. The predicted octanol–water partition coefficient (Wildman–Crippen LogP) is 2.91. The Morgan fingerprint density at radius 3 is 2.16 bits per heavy atom. The molecule has 0 spiro atoms. The number of hydrogen-bond donors (Lipinski definition) is 1. The van der Waals surface area contributed by atoms with E-state index in [0.29, 0.717) is 6.54 Å². The fourth-order valence-electron chi connectivity index (χ4n) is 2.59. The molecule has 1 unspecified atom stereocenters. The van der Waals surface area contributed by atoms with Crippen LogP contribution >= 0.6 is 0 Å². The molecule has 1 aliphatic rings. The summed E-state index contributed by atoms with van der Waals surface area (Å²) >= 11 is 0. The molecule has 4 heteroatoms. The zero-order valence-corrected chi connectivity index (χ0v) is 12.6. The maximum absolute atomic E-state index is 12.6. The van der Waals surface area contributed by atoms with Crippen molar-refractivity contribution in [3.8, 4) is 0 Å². The van der Waals surface area contributed by atoms with Gasteiger partial charge in [0.1, 0.15) is 0 Å². The van der Waals surface area contributed by atoms with Crippen LogP contribution in [0.4, 0.5) is 0 Å². The summed E-state index contributed by atoms with van der Waals surface area (Å²) in [6.07, 6.45) is 5.52. The van der Waals surface area contributed by atoms with Crippen LogP contribution in [0.15, 0.2) is 0 Å². The third-order valence-electron chi connectivity index (χ3n) is 3.81. The zero-order valence-electron chi connectivity index (χ0n) is 12.6. The average molecular weight is 269 g/mol. The molecular formula is C15H27NO3. The first-order chi connectivity index (χ1) is 8.73. The molecule has 1 N–H and O–H groups in total. The number of nitrogens with zero attached hydrogens (tertiary/aromatic N) is 1. The summed E-state index contributed by atoms with van der Waals surface area (Å²) < 4.78 is 0.